The van der Waals surface area contributed by atoms with Crippen molar-refractivity contribution in [2.45, 2.75) is 19.8 Å². The largest absolute Gasteiger partial charge is 0.493 e. The molecule has 0 spiro atoms. The SMILES string of the molecule is CCCC(CNC)COc1ccc(N)cc1.CNC. The zero-order valence-electron chi connectivity index (χ0n) is 12.7. The molecule has 0 bridgehead atoms. The topological polar surface area (TPSA) is 59.3 Å². The number of rotatable bonds is 7. The molecule has 0 aliphatic heterocycles. The summed E-state index contributed by atoms with van der Waals surface area (Å²) in [5.74, 6) is 1.47. The fourth-order valence-corrected chi connectivity index (χ4v) is 1.72. The number of anilines is 1. The summed E-state index contributed by atoms with van der Waals surface area (Å²) in [5, 5.41) is 5.95. The van der Waals surface area contributed by atoms with Crippen LogP contribution in [-0.4, -0.2) is 34.3 Å². The summed E-state index contributed by atoms with van der Waals surface area (Å²) in [6.45, 7) is 3.97. The van der Waals surface area contributed by atoms with E-state index >= 15 is 0 Å². The van der Waals surface area contributed by atoms with Gasteiger partial charge < -0.3 is 21.1 Å². The van der Waals surface area contributed by atoms with Crippen LogP contribution in [0.25, 0.3) is 0 Å². The number of nitrogens with one attached hydrogen (secondary N) is 2. The summed E-state index contributed by atoms with van der Waals surface area (Å²) < 4.78 is 5.73. The van der Waals surface area contributed by atoms with Crippen molar-refractivity contribution < 1.29 is 4.74 Å². The van der Waals surface area contributed by atoms with Crippen molar-refractivity contribution in [2.75, 3.05) is 40.0 Å². The molecule has 0 aromatic heterocycles. The zero-order chi connectivity index (χ0) is 14.5. The van der Waals surface area contributed by atoms with E-state index in [4.69, 9.17) is 10.5 Å². The van der Waals surface area contributed by atoms with Gasteiger partial charge in [-0.05, 0) is 51.8 Å². The number of hydrogen-bond donors (Lipinski definition) is 3. The van der Waals surface area contributed by atoms with Gasteiger partial charge >= 0.3 is 0 Å². The molecule has 0 aliphatic carbocycles. The molecule has 19 heavy (non-hydrogen) atoms. The van der Waals surface area contributed by atoms with Crippen molar-refractivity contribution in [1.29, 1.82) is 0 Å². The van der Waals surface area contributed by atoms with E-state index in [1.54, 1.807) is 0 Å². The van der Waals surface area contributed by atoms with Gasteiger partial charge in [0.1, 0.15) is 5.75 Å². The van der Waals surface area contributed by atoms with E-state index in [1.165, 1.54) is 12.8 Å². The van der Waals surface area contributed by atoms with E-state index in [0.717, 1.165) is 24.6 Å². The third-order valence-electron chi connectivity index (χ3n) is 2.56. The second-order valence-corrected chi connectivity index (χ2v) is 4.59. The van der Waals surface area contributed by atoms with E-state index in [-0.39, 0.29) is 0 Å². The number of nitrogen functional groups attached to an aromatic ring is 1. The van der Waals surface area contributed by atoms with E-state index < -0.39 is 0 Å². The molecule has 4 heteroatoms. The fourth-order valence-electron chi connectivity index (χ4n) is 1.72. The van der Waals surface area contributed by atoms with Gasteiger partial charge in [0, 0.05) is 18.2 Å². The van der Waals surface area contributed by atoms with Crippen LogP contribution in [0.2, 0.25) is 0 Å². The van der Waals surface area contributed by atoms with Gasteiger partial charge in [0.05, 0.1) is 6.61 Å². The molecule has 4 N–H and O–H groups in total. The summed E-state index contributed by atoms with van der Waals surface area (Å²) in [6.07, 6.45) is 2.38. The van der Waals surface area contributed by atoms with Crippen LogP contribution < -0.4 is 21.1 Å². The molecule has 0 saturated heterocycles. The Balaban J connectivity index is 0.000000982. The lowest BCUT2D eigenvalue weighted by atomic mass is 10.1. The molecule has 0 saturated carbocycles. The van der Waals surface area contributed by atoms with Gasteiger partial charge in [-0.2, -0.15) is 0 Å². The van der Waals surface area contributed by atoms with Gasteiger partial charge in [-0.15, -0.1) is 0 Å². The van der Waals surface area contributed by atoms with Crippen LogP contribution >= 0.6 is 0 Å². The highest BCUT2D eigenvalue weighted by atomic mass is 16.5. The highest BCUT2D eigenvalue weighted by molar-refractivity contribution is 5.41. The third-order valence-corrected chi connectivity index (χ3v) is 2.56. The monoisotopic (exact) mass is 267 g/mol. The quantitative estimate of drug-likeness (QED) is 0.662. The van der Waals surface area contributed by atoms with Gasteiger partial charge in [0.25, 0.3) is 0 Å². The number of nitrogens with two attached hydrogens (primary N) is 1. The first kappa shape index (κ1) is 17.7. The predicted octanol–water partition coefficient (Wildman–Crippen LogP) is 2.12. The standard InChI is InChI=1S/C13H22N2O.C2H7N/c1-3-4-11(9-15-2)10-16-13-7-5-12(14)6-8-13;1-3-2/h5-8,11,15H,3-4,9-10,14H2,1-2H3;3H,1-2H3. The van der Waals surface area contributed by atoms with Crippen molar-refractivity contribution in [3.63, 3.8) is 0 Å². The molecule has 0 heterocycles. The van der Waals surface area contributed by atoms with E-state index in [1.807, 2.05) is 45.4 Å². The molecule has 0 amide bonds. The maximum atomic E-state index is 5.73. The molecule has 4 nitrogen and oxygen atoms in total. The van der Waals surface area contributed by atoms with Crippen LogP contribution in [0.3, 0.4) is 0 Å². The molecular weight excluding hydrogens is 238 g/mol. The highest BCUT2D eigenvalue weighted by Gasteiger charge is 2.07. The first-order valence-corrected chi connectivity index (χ1v) is 6.89. The molecule has 1 unspecified atom stereocenters. The minimum Gasteiger partial charge on any atom is -0.493 e. The van der Waals surface area contributed by atoms with Gasteiger partial charge in [-0.1, -0.05) is 13.3 Å². The Morgan fingerprint density at radius 3 is 2.21 bits per heavy atom. The van der Waals surface area contributed by atoms with Crippen LogP contribution in [0.5, 0.6) is 5.75 Å². The second kappa shape index (κ2) is 11.8. The molecule has 110 valence electrons. The van der Waals surface area contributed by atoms with Crippen LogP contribution in [0, 0.1) is 5.92 Å². The Bertz CT molecular complexity index is 295. The van der Waals surface area contributed by atoms with Crippen LogP contribution in [-0.2, 0) is 0 Å². The van der Waals surface area contributed by atoms with E-state index in [9.17, 15) is 0 Å². The maximum Gasteiger partial charge on any atom is 0.119 e. The maximum absolute atomic E-state index is 5.73. The van der Waals surface area contributed by atoms with Gasteiger partial charge in [-0.25, -0.2) is 0 Å². The zero-order valence-corrected chi connectivity index (χ0v) is 12.7. The molecule has 0 radical (unpaired) electrons. The molecule has 0 fully saturated rings. The van der Waals surface area contributed by atoms with Crippen LogP contribution in [0.4, 0.5) is 5.69 Å². The summed E-state index contributed by atoms with van der Waals surface area (Å²) in [7, 11) is 5.73. The summed E-state index contributed by atoms with van der Waals surface area (Å²) in [4.78, 5) is 0. The fraction of sp³-hybridized carbons (Fsp3) is 0.600. The molecule has 1 aromatic carbocycles. The lowest BCUT2D eigenvalue weighted by Gasteiger charge is -2.16. The Morgan fingerprint density at radius 1 is 1.16 bits per heavy atom. The molecule has 1 rings (SSSR count). The second-order valence-electron chi connectivity index (χ2n) is 4.59. The Kier molecular flexibility index (Phi) is 11.0. The number of ether oxygens (including phenoxy) is 1. The van der Waals surface area contributed by atoms with Crippen molar-refractivity contribution in [2.24, 2.45) is 5.92 Å². The minimum atomic E-state index is 0.576. The van der Waals surface area contributed by atoms with Crippen molar-refractivity contribution in [3.8, 4) is 5.75 Å². The third kappa shape index (κ3) is 9.33. The van der Waals surface area contributed by atoms with Crippen molar-refractivity contribution in [3.05, 3.63) is 24.3 Å². The molecule has 0 aliphatic rings. The predicted molar refractivity (Wildman–Crippen MR) is 83.7 cm³/mol. The molecular formula is C15H29N3O. The molecule has 1 atom stereocenters. The summed E-state index contributed by atoms with van der Waals surface area (Å²) in [6, 6.07) is 7.56. The first-order valence-electron chi connectivity index (χ1n) is 6.89. The lowest BCUT2D eigenvalue weighted by Crippen LogP contribution is -2.24. The van der Waals surface area contributed by atoms with Crippen molar-refractivity contribution >= 4 is 5.69 Å². The first-order chi connectivity index (χ1) is 9.17. The van der Waals surface area contributed by atoms with E-state index in [2.05, 4.69) is 17.6 Å². The average Bonchev–Trinajstić information content (AvgIpc) is 2.39. The summed E-state index contributed by atoms with van der Waals surface area (Å²) >= 11 is 0. The Hall–Kier alpha value is -1.26. The minimum absolute atomic E-state index is 0.576. The number of benzene rings is 1. The van der Waals surface area contributed by atoms with Gasteiger partial charge in [0.2, 0.25) is 0 Å². The summed E-state index contributed by atoms with van der Waals surface area (Å²) in [5.41, 5.74) is 6.38. The number of hydrogen-bond acceptors (Lipinski definition) is 4. The average molecular weight is 267 g/mol. The lowest BCUT2D eigenvalue weighted by molar-refractivity contribution is 0.237. The normalized spacial score (nSPS) is 11.4. The van der Waals surface area contributed by atoms with E-state index in [0.29, 0.717) is 5.92 Å². The van der Waals surface area contributed by atoms with Crippen LogP contribution in [0.1, 0.15) is 19.8 Å². The molecule has 1 aromatic rings. The van der Waals surface area contributed by atoms with Crippen molar-refractivity contribution in [1.82, 2.24) is 10.6 Å². The highest BCUT2D eigenvalue weighted by Crippen LogP contribution is 2.15. The van der Waals surface area contributed by atoms with Gasteiger partial charge in [0.15, 0.2) is 0 Å². The Morgan fingerprint density at radius 2 is 1.74 bits per heavy atom. The van der Waals surface area contributed by atoms with Gasteiger partial charge in [-0.3, -0.25) is 0 Å². The van der Waals surface area contributed by atoms with Crippen LogP contribution in [0.15, 0.2) is 24.3 Å². The Labute approximate surface area is 117 Å². The smallest absolute Gasteiger partial charge is 0.119 e.